The molecule has 1 unspecified atom stereocenters. The van der Waals surface area contributed by atoms with E-state index < -0.39 is 17.7 Å². The van der Waals surface area contributed by atoms with Crippen LogP contribution in [0.15, 0.2) is 48.0 Å². The molecule has 1 amide bonds. The number of methoxy groups -OCH3 is 2. The van der Waals surface area contributed by atoms with Crippen molar-refractivity contribution in [2.24, 2.45) is 0 Å². The monoisotopic (exact) mass is 367 g/mol. The summed E-state index contributed by atoms with van der Waals surface area (Å²) in [6.45, 7) is 1.87. The number of carbonyl (C=O) groups excluding carboxylic acids is 2. The summed E-state index contributed by atoms with van der Waals surface area (Å²) in [6.07, 6.45) is 0. The number of aliphatic hydroxyl groups excluding tert-OH is 1. The third kappa shape index (κ3) is 3.14. The van der Waals surface area contributed by atoms with Crippen molar-refractivity contribution < 1.29 is 24.2 Å². The van der Waals surface area contributed by atoms with Crippen LogP contribution in [0.1, 0.15) is 22.7 Å². The van der Waals surface area contributed by atoms with Crippen molar-refractivity contribution in [1.82, 2.24) is 4.90 Å². The van der Waals surface area contributed by atoms with E-state index in [1.165, 1.54) is 19.1 Å². The van der Waals surface area contributed by atoms with E-state index in [2.05, 4.69) is 0 Å². The number of aliphatic hydroxyl groups is 1. The van der Waals surface area contributed by atoms with Crippen LogP contribution in [-0.2, 0) is 9.59 Å². The number of Topliss-reactive ketones (excluding diaryl/α,β-unsaturated/α-hetero) is 1. The number of amides is 1. The van der Waals surface area contributed by atoms with Crippen molar-refractivity contribution in [3.8, 4) is 11.5 Å². The third-order valence-corrected chi connectivity index (χ3v) is 4.69. The normalized spacial score (nSPS) is 18.7. The topological polar surface area (TPSA) is 76.1 Å². The van der Waals surface area contributed by atoms with Crippen molar-refractivity contribution in [3.63, 3.8) is 0 Å². The highest BCUT2D eigenvalue weighted by Gasteiger charge is 2.44. The third-order valence-electron chi connectivity index (χ3n) is 4.69. The van der Waals surface area contributed by atoms with Gasteiger partial charge < -0.3 is 19.5 Å². The number of rotatable bonds is 4. The minimum Gasteiger partial charge on any atom is -0.507 e. The first-order chi connectivity index (χ1) is 12.9. The van der Waals surface area contributed by atoms with Crippen LogP contribution in [0.25, 0.3) is 5.76 Å². The second kappa shape index (κ2) is 7.15. The zero-order chi connectivity index (χ0) is 19.7. The van der Waals surface area contributed by atoms with Gasteiger partial charge >= 0.3 is 0 Å². The van der Waals surface area contributed by atoms with E-state index in [1.54, 1.807) is 43.5 Å². The Morgan fingerprint density at radius 2 is 1.81 bits per heavy atom. The molecule has 0 radical (unpaired) electrons. The average Bonchev–Trinajstić information content (AvgIpc) is 2.91. The fourth-order valence-corrected chi connectivity index (χ4v) is 3.30. The van der Waals surface area contributed by atoms with Crippen LogP contribution in [0, 0.1) is 6.92 Å². The maximum absolute atomic E-state index is 12.7. The van der Waals surface area contributed by atoms with Gasteiger partial charge in [-0.25, -0.2) is 0 Å². The van der Waals surface area contributed by atoms with Gasteiger partial charge in [-0.15, -0.1) is 0 Å². The minimum atomic E-state index is -0.730. The second-order valence-electron chi connectivity index (χ2n) is 6.39. The number of ether oxygens (including phenoxy) is 2. The molecule has 0 aromatic heterocycles. The number of benzene rings is 2. The lowest BCUT2D eigenvalue weighted by molar-refractivity contribution is -0.139. The highest BCUT2D eigenvalue weighted by Crippen LogP contribution is 2.40. The molecule has 2 aromatic carbocycles. The van der Waals surface area contributed by atoms with Crippen molar-refractivity contribution in [2.45, 2.75) is 13.0 Å². The van der Waals surface area contributed by atoms with Crippen molar-refractivity contribution in [2.75, 3.05) is 21.3 Å². The van der Waals surface area contributed by atoms with Crippen LogP contribution >= 0.6 is 0 Å². The Balaban J connectivity index is 2.23. The average molecular weight is 367 g/mol. The largest absolute Gasteiger partial charge is 0.507 e. The molecule has 27 heavy (non-hydrogen) atoms. The molecule has 0 saturated carbocycles. The second-order valence-corrected chi connectivity index (χ2v) is 6.39. The first-order valence-electron chi connectivity index (χ1n) is 8.42. The Labute approximate surface area is 157 Å². The van der Waals surface area contributed by atoms with Crippen LogP contribution in [0.5, 0.6) is 11.5 Å². The smallest absolute Gasteiger partial charge is 0.295 e. The molecule has 1 aliphatic heterocycles. The van der Waals surface area contributed by atoms with E-state index in [4.69, 9.17) is 9.47 Å². The fraction of sp³-hybridized carbons (Fsp3) is 0.238. The Hall–Kier alpha value is -3.28. The van der Waals surface area contributed by atoms with E-state index in [0.29, 0.717) is 22.6 Å². The first kappa shape index (κ1) is 18.5. The van der Waals surface area contributed by atoms with Gasteiger partial charge in [-0.2, -0.15) is 0 Å². The zero-order valence-corrected chi connectivity index (χ0v) is 15.6. The van der Waals surface area contributed by atoms with Gasteiger partial charge in [-0.3, -0.25) is 9.59 Å². The molecule has 1 aliphatic rings. The van der Waals surface area contributed by atoms with Gasteiger partial charge in [0.05, 0.1) is 31.4 Å². The van der Waals surface area contributed by atoms with E-state index in [-0.39, 0.29) is 11.3 Å². The lowest BCUT2D eigenvalue weighted by Crippen LogP contribution is -2.24. The molecular formula is C21H21NO5. The number of hydrogen-bond acceptors (Lipinski definition) is 5. The zero-order valence-electron chi connectivity index (χ0n) is 15.6. The SMILES string of the molecule is COc1cccc(C2/C(=C(\O)c3cc(C)ccc3OC)C(=O)C(=O)N2C)c1. The lowest BCUT2D eigenvalue weighted by atomic mass is 9.94. The number of likely N-dealkylation sites (tertiary alicyclic amines) is 1. The van der Waals surface area contributed by atoms with Gasteiger partial charge in [0.1, 0.15) is 17.3 Å². The Bertz CT molecular complexity index is 947. The molecule has 1 saturated heterocycles. The Morgan fingerprint density at radius 1 is 1.07 bits per heavy atom. The molecule has 1 heterocycles. The van der Waals surface area contributed by atoms with Crippen molar-refractivity contribution in [3.05, 3.63) is 64.7 Å². The van der Waals surface area contributed by atoms with E-state index in [1.807, 2.05) is 13.0 Å². The molecule has 1 N–H and O–H groups in total. The van der Waals surface area contributed by atoms with Crippen LogP contribution in [0.3, 0.4) is 0 Å². The molecule has 6 nitrogen and oxygen atoms in total. The van der Waals surface area contributed by atoms with Crippen LogP contribution < -0.4 is 9.47 Å². The summed E-state index contributed by atoms with van der Waals surface area (Å²) in [5, 5.41) is 11.0. The van der Waals surface area contributed by atoms with Gasteiger partial charge in [0.25, 0.3) is 11.7 Å². The Morgan fingerprint density at radius 3 is 2.48 bits per heavy atom. The first-order valence-corrected chi connectivity index (χ1v) is 8.42. The molecule has 1 atom stereocenters. The maximum Gasteiger partial charge on any atom is 0.295 e. The van der Waals surface area contributed by atoms with Gasteiger partial charge in [0, 0.05) is 7.05 Å². The van der Waals surface area contributed by atoms with E-state index >= 15 is 0 Å². The molecule has 140 valence electrons. The van der Waals surface area contributed by atoms with Crippen molar-refractivity contribution in [1.29, 1.82) is 0 Å². The summed E-state index contributed by atoms with van der Waals surface area (Å²) in [5.41, 5.74) is 1.96. The molecule has 0 aliphatic carbocycles. The van der Waals surface area contributed by atoms with Gasteiger partial charge in [-0.05, 0) is 36.8 Å². The quantitative estimate of drug-likeness (QED) is 0.511. The van der Waals surface area contributed by atoms with Crippen LogP contribution in [0.2, 0.25) is 0 Å². The molecule has 2 aromatic rings. The number of likely N-dealkylation sites (N-methyl/N-ethyl adjacent to an activating group) is 1. The number of carbonyl (C=O) groups is 2. The molecule has 0 spiro atoms. The summed E-state index contributed by atoms with van der Waals surface area (Å²) >= 11 is 0. The number of ketones is 1. The summed E-state index contributed by atoms with van der Waals surface area (Å²) < 4.78 is 10.6. The summed E-state index contributed by atoms with van der Waals surface area (Å²) in [6, 6.07) is 11.6. The lowest BCUT2D eigenvalue weighted by Gasteiger charge is -2.21. The predicted molar refractivity (Wildman–Crippen MR) is 101 cm³/mol. The van der Waals surface area contributed by atoms with Gasteiger partial charge in [0.15, 0.2) is 0 Å². The molecule has 6 heteroatoms. The summed E-state index contributed by atoms with van der Waals surface area (Å²) in [7, 11) is 4.57. The highest BCUT2D eigenvalue weighted by atomic mass is 16.5. The van der Waals surface area contributed by atoms with Crippen LogP contribution in [0.4, 0.5) is 0 Å². The predicted octanol–water partition coefficient (Wildman–Crippen LogP) is 3.06. The summed E-state index contributed by atoms with van der Waals surface area (Å²) in [4.78, 5) is 26.4. The number of hydrogen-bond donors (Lipinski definition) is 1. The fourth-order valence-electron chi connectivity index (χ4n) is 3.30. The highest BCUT2D eigenvalue weighted by molar-refractivity contribution is 6.46. The van der Waals surface area contributed by atoms with E-state index in [9.17, 15) is 14.7 Å². The van der Waals surface area contributed by atoms with Gasteiger partial charge in [0.2, 0.25) is 0 Å². The van der Waals surface area contributed by atoms with Crippen molar-refractivity contribution >= 4 is 17.4 Å². The maximum atomic E-state index is 12.7. The standard InChI is InChI=1S/C21H21NO5/c1-12-8-9-16(27-4)15(10-12)19(23)17-18(22(2)21(25)20(17)24)13-6-5-7-14(11-13)26-3/h5-11,18,23H,1-4H3/b19-17+. The molecule has 3 rings (SSSR count). The molecular weight excluding hydrogens is 346 g/mol. The number of aryl methyl sites for hydroxylation is 1. The number of nitrogens with zero attached hydrogens (tertiary/aromatic N) is 1. The minimum absolute atomic E-state index is 0.0275. The molecule has 1 fully saturated rings. The van der Waals surface area contributed by atoms with E-state index in [0.717, 1.165) is 5.56 Å². The summed E-state index contributed by atoms with van der Waals surface area (Å²) in [5.74, 6) is -0.641. The molecule has 0 bridgehead atoms. The van der Waals surface area contributed by atoms with Gasteiger partial charge in [-0.1, -0.05) is 23.8 Å². The Kier molecular flexibility index (Phi) is 4.90. The van der Waals surface area contributed by atoms with Crippen LogP contribution in [-0.4, -0.2) is 43.0 Å².